The number of hydrogen-bond donors (Lipinski definition) is 0. The number of ether oxygens (including phenoxy) is 3. The van der Waals surface area contributed by atoms with Gasteiger partial charge >= 0.3 is 11.9 Å². The summed E-state index contributed by atoms with van der Waals surface area (Å²) in [6.07, 6.45) is 1.51. The van der Waals surface area contributed by atoms with E-state index in [0.717, 1.165) is 4.47 Å². The molecule has 3 rings (SSSR count). The molecule has 0 aliphatic carbocycles. The van der Waals surface area contributed by atoms with Crippen LogP contribution in [0.3, 0.4) is 0 Å². The summed E-state index contributed by atoms with van der Waals surface area (Å²) in [7, 11) is 1.42. The number of esters is 2. The van der Waals surface area contributed by atoms with E-state index in [4.69, 9.17) is 25.8 Å². The van der Waals surface area contributed by atoms with Crippen LogP contribution in [-0.2, 0) is 14.3 Å². The highest BCUT2D eigenvalue weighted by Crippen LogP contribution is 2.37. The first-order chi connectivity index (χ1) is 12.9. The van der Waals surface area contributed by atoms with Crippen molar-refractivity contribution in [3.05, 3.63) is 62.7 Å². The van der Waals surface area contributed by atoms with Gasteiger partial charge in [-0.2, -0.15) is 0 Å². The molecule has 0 saturated carbocycles. The standard InChI is InChI=1S/C19H13BrClNO5/c1-10(23)26-17-14(21)7-11(9-16(17)25-2)8-15-19(24)27-18(22-15)12-3-5-13(20)6-4-12/h3-9H,1-2H3. The lowest BCUT2D eigenvalue weighted by molar-refractivity contribution is -0.132. The minimum absolute atomic E-state index is 0.113. The van der Waals surface area contributed by atoms with Crippen LogP contribution in [0.25, 0.3) is 6.08 Å². The molecule has 0 fully saturated rings. The number of methoxy groups -OCH3 is 1. The molecular weight excluding hydrogens is 438 g/mol. The predicted octanol–water partition coefficient (Wildman–Crippen LogP) is 4.38. The largest absolute Gasteiger partial charge is 0.493 e. The second-order valence-corrected chi connectivity index (χ2v) is 6.79. The monoisotopic (exact) mass is 449 g/mol. The van der Waals surface area contributed by atoms with Crippen molar-refractivity contribution in [3.8, 4) is 11.5 Å². The Hall–Kier alpha value is -2.64. The van der Waals surface area contributed by atoms with Gasteiger partial charge in [0.25, 0.3) is 0 Å². The van der Waals surface area contributed by atoms with Crippen molar-refractivity contribution in [3.63, 3.8) is 0 Å². The Morgan fingerprint density at radius 2 is 1.96 bits per heavy atom. The summed E-state index contributed by atoms with van der Waals surface area (Å²) in [4.78, 5) is 27.6. The summed E-state index contributed by atoms with van der Waals surface area (Å²) in [5.74, 6) is -0.514. The van der Waals surface area contributed by atoms with Gasteiger partial charge in [0.1, 0.15) is 0 Å². The molecule has 6 nitrogen and oxygen atoms in total. The van der Waals surface area contributed by atoms with Gasteiger partial charge in [0, 0.05) is 17.0 Å². The molecule has 2 aromatic rings. The fraction of sp³-hybridized carbons (Fsp3) is 0.105. The first-order valence-corrected chi connectivity index (χ1v) is 8.89. The van der Waals surface area contributed by atoms with Gasteiger partial charge in [0.2, 0.25) is 5.90 Å². The van der Waals surface area contributed by atoms with E-state index in [1.807, 2.05) is 12.1 Å². The molecule has 0 aromatic heterocycles. The molecule has 0 atom stereocenters. The molecule has 0 spiro atoms. The van der Waals surface area contributed by atoms with Crippen LogP contribution in [0, 0.1) is 0 Å². The van der Waals surface area contributed by atoms with Crippen LogP contribution in [-0.4, -0.2) is 24.9 Å². The van der Waals surface area contributed by atoms with Crippen molar-refractivity contribution in [2.75, 3.05) is 7.11 Å². The van der Waals surface area contributed by atoms with E-state index in [1.54, 1.807) is 18.2 Å². The fourth-order valence-corrected chi connectivity index (χ4v) is 2.87. The Morgan fingerprint density at radius 1 is 1.26 bits per heavy atom. The third kappa shape index (κ3) is 4.37. The molecule has 0 bridgehead atoms. The number of nitrogens with zero attached hydrogens (tertiary/aromatic N) is 1. The maximum absolute atomic E-state index is 12.1. The van der Waals surface area contributed by atoms with Crippen LogP contribution >= 0.6 is 27.5 Å². The Bertz CT molecular complexity index is 982. The molecule has 27 heavy (non-hydrogen) atoms. The van der Waals surface area contributed by atoms with E-state index in [0.29, 0.717) is 11.1 Å². The van der Waals surface area contributed by atoms with E-state index in [9.17, 15) is 9.59 Å². The predicted molar refractivity (Wildman–Crippen MR) is 104 cm³/mol. The van der Waals surface area contributed by atoms with Gasteiger partial charge in [-0.3, -0.25) is 4.79 Å². The molecule has 138 valence electrons. The zero-order chi connectivity index (χ0) is 19.6. The Balaban J connectivity index is 1.96. The molecule has 0 N–H and O–H groups in total. The molecule has 0 unspecified atom stereocenters. The van der Waals surface area contributed by atoms with Gasteiger partial charge in [-0.25, -0.2) is 9.79 Å². The number of halogens is 2. The van der Waals surface area contributed by atoms with Crippen molar-refractivity contribution in [1.29, 1.82) is 0 Å². The number of rotatable bonds is 4. The van der Waals surface area contributed by atoms with Crippen LogP contribution in [0.4, 0.5) is 0 Å². The molecule has 1 heterocycles. The summed E-state index contributed by atoms with van der Waals surface area (Å²) in [5.41, 5.74) is 1.34. The quantitative estimate of drug-likeness (QED) is 0.393. The molecule has 0 saturated heterocycles. The third-order valence-corrected chi connectivity index (χ3v) is 4.32. The Morgan fingerprint density at radius 3 is 2.59 bits per heavy atom. The average Bonchev–Trinajstić information content (AvgIpc) is 2.98. The SMILES string of the molecule is COc1cc(C=C2N=C(c3ccc(Br)cc3)OC2=O)cc(Cl)c1OC(C)=O. The lowest BCUT2D eigenvalue weighted by Gasteiger charge is -2.10. The number of aliphatic imine (C=N–C) groups is 1. The van der Waals surface area contributed by atoms with Crippen LogP contribution in [0.2, 0.25) is 5.02 Å². The molecular formula is C19H13BrClNO5. The average molecular weight is 451 g/mol. The number of carbonyl (C=O) groups is 2. The first kappa shape index (κ1) is 19.1. The van der Waals surface area contributed by atoms with E-state index in [-0.39, 0.29) is 28.1 Å². The molecule has 8 heteroatoms. The van der Waals surface area contributed by atoms with Crippen molar-refractivity contribution in [2.24, 2.45) is 4.99 Å². The summed E-state index contributed by atoms with van der Waals surface area (Å²) < 4.78 is 16.4. The van der Waals surface area contributed by atoms with Crippen LogP contribution in [0.5, 0.6) is 11.5 Å². The number of carbonyl (C=O) groups excluding carboxylic acids is 2. The van der Waals surface area contributed by atoms with Gasteiger partial charge in [-0.15, -0.1) is 0 Å². The Labute approximate surface area is 168 Å². The normalized spacial score (nSPS) is 14.7. The number of cyclic esters (lactones) is 1. The second-order valence-electron chi connectivity index (χ2n) is 5.47. The van der Waals surface area contributed by atoms with Gasteiger partial charge in [-0.05, 0) is 48.0 Å². The maximum Gasteiger partial charge on any atom is 0.363 e. The van der Waals surface area contributed by atoms with Crippen molar-refractivity contribution >= 4 is 51.4 Å². The van der Waals surface area contributed by atoms with Crippen LogP contribution in [0.1, 0.15) is 18.1 Å². The highest BCUT2D eigenvalue weighted by molar-refractivity contribution is 9.10. The Kier molecular flexibility index (Phi) is 5.62. The molecule has 1 aliphatic rings. The topological polar surface area (TPSA) is 74.2 Å². The van der Waals surface area contributed by atoms with E-state index in [2.05, 4.69) is 20.9 Å². The minimum Gasteiger partial charge on any atom is -0.493 e. The summed E-state index contributed by atoms with van der Waals surface area (Å²) in [5, 5.41) is 0.167. The van der Waals surface area contributed by atoms with E-state index < -0.39 is 11.9 Å². The molecule has 2 aromatic carbocycles. The van der Waals surface area contributed by atoms with E-state index in [1.165, 1.54) is 26.2 Å². The first-order valence-electron chi connectivity index (χ1n) is 7.72. The second kappa shape index (κ2) is 7.94. The lowest BCUT2D eigenvalue weighted by Crippen LogP contribution is -2.05. The van der Waals surface area contributed by atoms with E-state index >= 15 is 0 Å². The highest BCUT2D eigenvalue weighted by atomic mass is 79.9. The minimum atomic E-state index is -0.577. The molecule has 0 amide bonds. The lowest BCUT2D eigenvalue weighted by atomic mass is 10.1. The van der Waals surface area contributed by atoms with Crippen LogP contribution in [0.15, 0.2) is 51.6 Å². The van der Waals surface area contributed by atoms with Gasteiger partial charge in [-0.1, -0.05) is 27.5 Å². The number of hydrogen-bond acceptors (Lipinski definition) is 6. The van der Waals surface area contributed by atoms with Crippen molar-refractivity contribution < 1.29 is 23.8 Å². The third-order valence-electron chi connectivity index (χ3n) is 3.51. The fourth-order valence-electron chi connectivity index (χ4n) is 2.35. The number of benzene rings is 2. The van der Waals surface area contributed by atoms with Crippen molar-refractivity contribution in [1.82, 2.24) is 0 Å². The summed E-state index contributed by atoms with van der Waals surface area (Å²) in [6, 6.07) is 10.3. The summed E-state index contributed by atoms with van der Waals surface area (Å²) in [6.45, 7) is 1.26. The maximum atomic E-state index is 12.1. The molecule has 0 radical (unpaired) electrons. The van der Waals surface area contributed by atoms with Gasteiger partial charge < -0.3 is 14.2 Å². The summed E-state index contributed by atoms with van der Waals surface area (Å²) >= 11 is 9.52. The zero-order valence-corrected chi connectivity index (χ0v) is 16.6. The zero-order valence-electron chi connectivity index (χ0n) is 14.3. The van der Waals surface area contributed by atoms with Crippen LogP contribution < -0.4 is 9.47 Å². The van der Waals surface area contributed by atoms with Crippen molar-refractivity contribution in [2.45, 2.75) is 6.92 Å². The smallest absolute Gasteiger partial charge is 0.363 e. The van der Waals surface area contributed by atoms with Gasteiger partial charge in [0.15, 0.2) is 17.2 Å². The van der Waals surface area contributed by atoms with Gasteiger partial charge in [0.05, 0.1) is 12.1 Å². The highest BCUT2D eigenvalue weighted by Gasteiger charge is 2.24. The molecule has 1 aliphatic heterocycles.